The smallest absolute Gasteiger partial charge is 0.249 e. The minimum Gasteiger partial charge on any atom is -0.464 e. The first-order valence-electron chi connectivity index (χ1n) is 6.23. The van der Waals surface area contributed by atoms with Gasteiger partial charge < -0.3 is 14.1 Å². The van der Waals surface area contributed by atoms with Crippen LogP contribution in [0.2, 0.25) is 0 Å². The van der Waals surface area contributed by atoms with Crippen LogP contribution in [-0.2, 0) is 9.53 Å². The Kier molecular flexibility index (Phi) is 4.72. The maximum absolute atomic E-state index is 12.1. The summed E-state index contributed by atoms with van der Waals surface area (Å²) in [6.45, 7) is 5.32. The van der Waals surface area contributed by atoms with Gasteiger partial charge >= 0.3 is 0 Å². The van der Waals surface area contributed by atoms with E-state index in [2.05, 4.69) is 0 Å². The molecule has 1 atom stereocenters. The number of carbonyl (C=O) groups is 1. The maximum atomic E-state index is 12.1. The van der Waals surface area contributed by atoms with Gasteiger partial charge in [-0.1, -0.05) is 0 Å². The lowest BCUT2D eigenvalue weighted by atomic mass is 10.2. The number of thioether (sulfide) groups is 1. The van der Waals surface area contributed by atoms with Crippen molar-refractivity contribution >= 4 is 17.7 Å². The predicted octanol–water partition coefficient (Wildman–Crippen LogP) is 2.24. The van der Waals surface area contributed by atoms with E-state index in [0.717, 1.165) is 29.6 Å². The van der Waals surface area contributed by atoms with Crippen LogP contribution in [0.1, 0.15) is 24.5 Å². The minimum atomic E-state index is 0.0467. The number of ether oxygens (including phenoxy) is 1. The molecule has 4 nitrogen and oxygen atoms in total. The summed E-state index contributed by atoms with van der Waals surface area (Å²) < 4.78 is 10.9. The average Bonchev–Trinajstić information content (AvgIpc) is 2.82. The number of rotatable bonds is 4. The van der Waals surface area contributed by atoms with Gasteiger partial charge in [-0.3, -0.25) is 4.79 Å². The molecular formula is C13H19NO3S. The molecule has 1 aliphatic heterocycles. The van der Waals surface area contributed by atoms with Crippen LogP contribution >= 0.6 is 11.8 Å². The zero-order chi connectivity index (χ0) is 13.0. The van der Waals surface area contributed by atoms with Crippen LogP contribution in [0.5, 0.6) is 0 Å². The average molecular weight is 269 g/mol. The number of hydrogen-bond acceptors (Lipinski definition) is 4. The van der Waals surface area contributed by atoms with Crippen molar-refractivity contribution in [2.24, 2.45) is 0 Å². The van der Waals surface area contributed by atoms with Crippen molar-refractivity contribution in [1.29, 1.82) is 0 Å². The summed E-state index contributed by atoms with van der Waals surface area (Å²) in [7, 11) is 0. The van der Waals surface area contributed by atoms with E-state index in [1.54, 1.807) is 0 Å². The molecule has 0 bridgehead atoms. The molecule has 0 unspecified atom stereocenters. The van der Waals surface area contributed by atoms with Crippen molar-refractivity contribution < 1.29 is 13.9 Å². The number of hydrogen-bond donors (Lipinski definition) is 0. The molecule has 1 aromatic rings. The zero-order valence-corrected chi connectivity index (χ0v) is 11.7. The SMILES string of the molecule is CCOCC(=O)N1CCSC[C@H]1c1ccc(C)o1. The fourth-order valence-corrected chi connectivity index (χ4v) is 3.10. The summed E-state index contributed by atoms with van der Waals surface area (Å²) in [5.41, 5.74) is 0. The number of furan rings is 1. The van der Waals surface area contributed by atoms with Crippen LogP contribution in [0, 0.1) is 6.92 Å². The second kappa shape index (κ2) is 6.29. The molecular weight excluding hydrogens is 250 g/mol. The van der Waals surface area contributed by atoms with E-state index in [-0.39, 0.29) is 18.6 Å². The van der Waals surface area contributed by atoms with Gasteiger partial charge in [0, 0.05) is 24.7 Å². The van der Waals surface area contributed by atoms with Crippen molar-refractivity contribution in [1.82, 2.24) is 4.90 Å². The molecule has 0 spiro atoms. The largest absolute Gasteiger partial charge is 0.464 e. The van der Waals surface area contributed by atoms with Gasteiger partial charge in [0.25, 0.3) is 0 Å². The van der Waals surface area contributed by atoms with Crippen LogP contribution in [0.15, 0.2) is 16.5 Å². The second-order valence-electron chi connectivity index (χ2n) is 4.26. The predicted molar refractivity (Wildman–Crippen MR) is 71.7 cm³/mol. The third kappa shape index (κ3) is 3.09. The van der Waals surface area contributed by atoms with Crippen molar-refractivity contribution in [2.45, 2.75) is 19.9 Å². The number of carbonyl (C=O) groups excluding carboxylic acids is 1. The Labute approximate surface area is 112 Å². The third-order valence-corrected chi connectivity index (χ3v) is 3.99. The van der Waals surface area contributed by atoms with Gasteiger partial charge in [0.2, 0.25) is 5.91 Å². The van der Waals surface area contributed by atoms with E-state index < -0.39 is 0 Å². The molecule has 0 aliphatic carbocycles. The first-order chi connectivity index (χ1) is 8.72. The molecule has 1 aliphatic rings. The highest BCUT2D eigenvalue weighted by molar-refractivity contribution is 7.99. The van der Waals surface area contributed by atoms with E-state index >= 15 is 0 Å². The Hall–Kier alpha value is -0.940. The van der Waals surface area contributed by atoms with Crippen molar-refractivity contribution in [3.8, 4) is 0 Å². The Morgan fingerprint density at radius 2 is 2.44 bits per heavy atom. The van der Waals surface area contributed by atoms with Crippen LogP contribution < -0.4 is 0 Å². The molecule has 1 fully saturated rings. The number of nitrogens with zero attached hydrogens (tertiary/aromatic N) is 1. The van der Waals surface area contributed by atoms with Gasteiger partial charge in [0.1, 0.15) is 18.1 Å². The highest BCUT2D eigenvalue weighted by atomic mass is 32.2. The second-order valence-corrected chi connectivity index (χ2v) is 5.41. The van der Waals surface area contributed by atoms with Gasteiger partial charge in [-0.2, -0.15) is 11.8 Å². The van der Waals surface area contributed by atoms with Gasteiger partial charge in [0.15, 0.2) is 0 Å². The summed E-state index contributed by atoms with van der Waals surface area (Å²) >= 11 is 1.86. The lowest BCUT2D eigenvalue weighted by Gasteiger charge is -2.34. The Morgan fingerprint density at radius 3 is 3.11 bits per heavy atom. The van der Waals surface area contributed by atoms with Gasteiger partial charge in [-0.25, -0.2) is 0 Å². The van der Waals surface area contributed by atoms with Gasteiger partial charge in [0.05, 0.1) is 6.04 Å². The number of aryl methyl sites for hydroxylation is 1. The highest BCUT2D eigenvalue weighted by Crippen LogP contribution is 2.30. The minimum absolute atomic E-state index is 0.0467. The van der Waals surface area contributed by atoms with E-state index in [4.69, 9.17) is 9.15 Å². The summed E-state index contributed by atoms with van der Waals surface area (Å²) in [6.07, 6.45) is 0. The summed E-state index contributed by atoms with van der Waals surface area (Å²) in [5.74, 6) is 3.69. The maximum Gasteiger partial charge on any atom is 0.249 e. The monoisotopic (exact) mass is 269 g/mol. The zero-order valence-electron chi connectivity index (χ0n) is 10.8. The van der Waals surface area contributed by atoms with Crippen molar-refractivity contribution in [2.75, 3.05) is 31.3 Å². The molecule has 18 heavy (non-hydrogen) atoms. The van der Waals surface area contributed by atoms with Gasteiger partial charge in [-0.05, 0) is 26.0 Å². The van der Waals surface area contributed by atoms with E-state index in [9.17, 15) is 4.79 Å². The van der Waals surface area contributed by atoms with Crippen molar-refractivity contribution in [3.63, 3.8) is 0 Å². The first-order valence-corrected chi connectivity index (χ1v) is 7.39. The lowest BCUT2D eigenvalue weighted by molar-refractivity contribution is -0.138. The third-order valence-electron chi connectivity index (χ3n) is 2.97. The molecule has 100 valence electrons. The molecule has 2 rings (SSSR count). The normalized spacial score (nSPS) is 20.1. The fourth-order valence-electron chi connectivity index (χ4n) is 2.04. The molecule has 1 aromatic heterocycles. The molecule has 0 saturated carbocycles. The molecule has 1 saturated heterocycles. The van der Waals surface area contributed by atoms with Crippen LogP contribution in [-0.4, -0.2) is 42.1 Å². The Morgan fingerprint density at radius 1 is 1.61 bits per heavy atom. The molecule has 2 heterocycles. The summed E-state index contributed by atoms with van der Waals surface area (Å²) in [4.78, 5) is 14.0. The van der Waals surface area contributed by atoms with E-state index in [1.165, 1.54) is 0 Å². The highest BCUT2D eigenvalue weighted by Gasteiger charge is 2.30. The molecule has 1 amide bonds. The fraction of sp³-hybridized carbons (Fsp3) is 0.615. The van der Waals surface area contributed by atoms with Crippen LogP contribution in [0.4, 0.5) is 0 Å². The van der Waals surface area contributed by atoms with Crippen LogP contribution in [0.25, 0.3) is 0 Å². The molecule has 0 radical (unpaired) electrons. The number of amides is 1. The van der Waals surface area contributed by atoms with E-state index in [0.29, 0.717) is 6.61 Å². The standard InChI is InChI=1S/C13H19NO3S/c1-3-16-8-13(15)14-6-7-18-9-11(14)12-5-4-10(2)17-12/h4-5,11H,3,6-9H2,1-2H3/t11-/m0/s1. The van der Waals surface area contributed by atoms with Gasteiger partial charge in [-0.15, -0.1) is 0 Å². The summed E-state index contributed by atoms with van der Waals surface area (Å²) in [6, 6.07) is 3.96. The molecule has 0 aromatic carbocycles. The topological polar surface area (TPSA) is 42.7 Å². The summed E-state index contributed by atoms with van der Waals surface area (Å²) in [5, 5.41) is 0. The Bertz CT molecular complexity index is 405. The van der Waals surface area contributed by atoms with Crippen molar-refractivity contribution in [3.05, 3.63) is 23.7 Å². The quantitative estimate of drug-likeness (QED) is 0.840. The lowest BCUT2D eigenvalue weighted by Crippen LogP contribution is -2.42. The van der Waals surface area contributed by atoms with Crippen LogP contribution in [0.3, 0.4) is 0 Å². The first kappa shape index (κ1) is 13.5. The molecule has 5 heteroatoms. The molecule has 0 N–H and O–H groups in total. The Balaban J connectivity index is 2.08. The van der Waals surface area contributed by atoms with E-state index in [1.807, 2.05) is 42.6 Å².